The van der Waals surface area contributed by atoms with Crippen LogP contribution in [0, 0.1) is 13.8 Å². The number of anilines is 2. The van der Waals surface area contributed by atoms with E-state index in [-0.39, 0.29) is 0 Å². The van der Waals surface area contributed by atoms with Crippen LogP contribution in [0.15, 0.2) is 53.0 Å². The Balaban J connectivity index is 0.000000216. The van der Waals surface area contributed by atoms with E-state index in [1.165, 1.54) is 11.1 Å². The summed E-state index contributed by atoms with van der Waals surface area (Å²) in [4.78, 5) is 13.1. The van der Waals surface area contributed by atoms with E-state index in [0.717, 1.165) is 56.8 Å². The molecule has 148 valence electrons. The number of aromatic nitrogens is 3. The summed E-state index contributed by atoms with van der Waals surface area (Å²) in [6, 6.07) is 12.3. The molecule has 1 aromatic carbocycles. The van der Waals surface area contributed by atoms with E-state index in [0.29, 0.717) is 0 Å². The second-order valence-corrected chi connectivity index (χ2v) is 8.84. The van der Waals surface area contributed by atoms with Crippen LogP contribution in [-0.2, 0) is 13.0 Å². The molecule has 5 nitrogen and oxygen atoms in total. The summed E-state index contributed by atoms with van der Waals surface area (Å²) in [5.41, 5.74) is 5.66. The van der Waals surface area contributed by atoms with Crippen LogP contribution < -0.4 is 10.6 Å². The summed E-state index contributed by atoms with van der Waals surface area (Å²) in [5.74, 6) is 0.950. The van der Waals surface area contributed by atoms with E-state index >= 15 is 0 Å². The second-order valence-electron chi connectivity index (χ2n) is 6.89. The number of para-hydroxylation sites is 1. The quantitative estimate of drug-likeness (QED) is 0.395. The fourth-order valence-corrected chi connectivity index (χ4v) is 4.42. The van der Waals surface area contributed by atoms with Crippen LogP contribution in [0.4, 0.5) is 11.5 Å². The lowest BCUT2D eigenvalue weighted by Crippen LogP contribution is -2.24. The molecule has 0 atom stereocenters. The van der Waals surface area contributed by atoms with Crippen LogP contribution in [-0.4, -0.2) is 21.5 Å². The van der Waals surface area contributed by atoms with Gasteiger partial charge in [0.1, 0.15) is 5.82 Å². The van der Waals surface area contributed by atoms with E-state index in [1.807, 2.05) is 44.4 Å². The highest BCUT2D eigenvalue weighted by molar-refractivity contribution is 7.82. The number of rotatable bonds is 2. The van der Waals surface area contributed by atoms with Gasteiger partial charge in [0.2, 0.25) is 0 Å². The zero-order chi connectivity index (χ0) is 20.2. The van der Waals surface area contributed by atoms with E-state index in [9.17, 15) is 0 Å². The molecule has 0 aliphatic carbocycles. The van der Waals surface area contributed by atoms with Crippen molar-refractivity contribution in [3.63, 3.8) is 0 Å². The molecule has 2 N–H and O–H groups in total. The molecule has 0 spiro atoms. The third kappa shape index (κ3) is 4.75. The topological polar surface area (TPSA) is 62.7 Å². The van der Waals surface area contributed by atoms with Crippen LogP contribution in [0.1, 0.15) is 21.8 Å². The number of hydrogen-bond donors (Lipinski definition) is 3. The van der Waals surface area contributed by atoms with Gasteiger partial charge >= 0.3 is 0 Å². The van der Waals surface area contributed by atoms with Crippen molar-refractivity contribution >= 4 is 46.4 Å². The summed E-state index contributed by atoms with van der Waals surface area (Å²) in [6.45, 7) is 5.87. The molecule has 0 fully saturated rings. The maximum absolute atomic E-state index is 4.50. The molecule has 0 saturated carbocycles. The number of nitrogens with zero attached hydrogens (tertiary/aromatic N) is 3. The van der Waals surface area contributed by atoms with Gasteiger partial charge in [-0.05, 0) is 50.6 Å². The fraction of sp³-hybridized carbons (Fsp3) is 0.227. The standard InChI is InChI=1S/C17H16N4.C5H7NS2/c1-2-4-16-12(3-1)9-14(11-20-16)21-17-15-6-7-18-10-13(15)5-8-19-17;1-3-5(7)8-4(2)6-3/h1-5,8-9,11,18H,6-7,10H2,(H,19,21);7H,1-2H3. The average molecular weight is 422 g/mol. The molecule has 4 heterocycles. The maximum Gasteiger partial charge on any atom is 0.133 e. The summed E-state index contributed by atoms with van der Waals surface area (Å²) >= 11 is 5.80. The minimum atomic E-state index is 0.919. The van der Waals surface area contributed by atoms with Gasteiger partial charge in [-0.2, -0.15) is 0 Å². The van der Waals surface area contributed by atoms with Crippen molar-refractivity contribution in [1.29, 1.82) is 0 Å². The number of benzene rings is 1. The van der Waals surface area contributed by atoms with Crippen molar-refractivity contribution in [2.75, 3.05) is 11.9 Å². The number of thiol groups is 1. The van der Waals surface area contributed by atoms with Gasteiger partial charge < -0.3 is 10.6 Å². The minimum Gasteiger partial charge on any atom is -0.339 e. The first-order valence-electron chi connectivity index (χ1n) is 9.52. The molecular weight excluding hydrogens is 398 g/mol. The first-order valence-corrected chi connectivity index (χ1v) is 10.8. The van der Waals surface area contributed by atoms with Crippen molar-refractivity contribution in [1.82, 2.24) is 20.3 Å². The van der Waals surface area contributed by atoms with Crippen molar-refractivity contribution in [2.45, 2.75) is 31.0 Å². The Kier molecular flexibility index (Phi) is 6.08. The Morgan fingerprint density at radius 3 is 2.76 bits per heavy atom. The van der Waals surface area contributed by atoms with Crippen LogP contribution in [0.5, 0.6) is 0 Å². The van der Waals surface area contributed by atoms with Crippen molar-refractivity contribution in [3.8, 4) is 0 Å². The van der Waals surface area contributed by atoms with Gasteiger partial charge in [-0.1, -0.05) is 18.2 Å². The zero-order valence-electron chi connectivity index (χ0n) is 16.4. The number of hydrogen-bond acceptors (Lipinski definition) is 7. The minimum absolute atomic E-state index is 0.919. The summed E-state index contributed by atoms with van der Waals surface area (Å²) < 4.78 is 1.03. The Morgan fingerprint density at radius 1 is 1.14 bits per heavy atom. The first-order chi connectivity index (χ1) is 14.1. The van der Waals surface area contributed by atoms with E-state index < -0.39 is 0 Å². The SMILES string of the molecule is Cc1nc(C)c(S)s1.c1ccc2ncc(Nc3nccc4c3CCNC4)cc2c1. The Bertz CT molecular complexity index is 1120. The number of aryl methyl sites for hydroxylation is 2. The molecule has 3 aromatic heterocycles. The second kappa shape index (κ2) is 8.90. The van der Waals surface area contributed by atoms with E-state index in [2.05, 4.69) is 56.4 Å². The molecule has 5 rings (SSSR count). The average Bonchev–Trinajstić information content (AvgIpc) is 3.03. The molecule has 0 radical (unpaired) electrons. The lowest BCUT2D eigenvalue weighted by Gasteiger charge is -2.20. The normalized spacial score (nSPS) is 12.8. The van der Waals surface area contributed by atoms with Crippen molar-refractivity contribution in [3.05, 3.63) is 70.6 Å². The molecule has 0 amide bonds. The molecule has 0 saturated heterocycles. The number of nitrogens with one attached hydrogen (secondary N) is 2. The Morgan fingerprint density at radius 2 is 2.00 bits per heavy atom. The lowest BCUT2D eigenvalue weighted by molar-refractivity contribution is 0.642. The van der Waals surface area contributed by atoms with Crippen LogP contribution in [0.25, 0.3) is 10.9 Å². The zero-order valence-corrected chi connectivity index (χ0v) is 18.1. The number of thiazole rings is 1. The molecule has 7 heteroatoms. The third-order valence-corrected chi connectivity index (χ3v) is 6.23. The number of pyridine rings is 2. The molecule has 1 aliphatic rings. The third-order valence-electron chi connectivity index (χ3n) is 4.75. The van der Waals surface area contributed by atoms with Crippen LogP contribution >= 0.6 is 24.0 Å². The highest BCUT2D eigenvalue weighted by atomic mass is 32.2. The van der Waals surface area contributed by atoms with Crippen LogP contribution in [0.2, 0.25) is 0 Å². The molecular formula is C22H23N5S2. The first kappa shape index (κ1) is 19.8. The Labute approximate surface area is 180 Å². The monoisotopic (exact) mass is 421 g/mol. The van der Waals surface area contributed by atoms with Gasteiger partial charge in [0, 0.05) is 23.7 Å². The summed E-state index contributed by atoms with van der Waals surface area (Å²) in [7, 11) is 0. The van der Waals surface area contributed by atoms with Gasteiger partial charge in [-0.25, -0.2) is 9.97 Å². The predicted molar refractivity (Wildman–Crippen MR) is 124 cm³/mol. The molecule has 0 unspecified atom stereocenters. The summed E-state index contributed by atoms with van der Waals surface area (Å²) in [6.07, 6.45) is 4.74. The van der Waals surface area contributed by atoms with Gasteiger partial charge in [-0.15, -0.1) is 24.0 Å². The van der Waals surface area contributed by atoms with Crippen molar-refractivity contribution < 1.29 is 0 Å². The van der Waals surface area contributed by atoms with Gasteiger partial charge in [-0.3, -0.25) is 4.98 Å². The molecule has 0 bridgehead atoms. The lowest BCUT2D eigenvalue weighted by atomic mass is 10.0. The van der Waals surface area contributed by atoms with Gasteiger partial charge in [0.15, 0.2) is 0 Å². The van der Waals surface area contributed by atoms with E-state index in [4.69, 9.17) is 0 Å². The highest BCUT2D eigenvalue weighted by Crippen LogP contribution is 2.25. The molecule has 4 aromatic rings. The smallest absolute Gasteiger partial charge is 0.133 e. The highest BCUT2D eigenvalue weighted by Gasteiger charge is 2.13. The largest absolute Gasteiger partial charge is 0.339 e. The van der Waals surface area contributed by atoms with Crippen LogP contribution in [0.3, 0.4) is 0 Å². The fourth-order valence-electron chi connectivity index (χ4n) is 3.32. The maximum atomic E-state index is 4.50. The van der Waals surface area contributed by atoms with E-state index in [1.54, 1.807) is 11.3 Å². The summed E-state index contributed by atoms with van der Waals surface area (Å²) in [5, 5.41) is 9.03. The van der Waals surface area contributed by atoms with Gasteiger partial charge in [0.25, 0.3) is 0 Å². The van der Waals surface area contributed by atoms with Gasteiger partial charge in [0.05, 0.1) is 32.3 Å². The molecule has 1 aliphatic heterocycles. The van der Waals surface area contributed by atoms with Crippen molar-refractivity contribution in [2.24, 2.45) is 0 Å². The number of fused-ring (bicyclic) bond motifs is 2. The predicted octanol–water partition coefficient (Wildman–Crippen LogP) is 5.07. The Hall–Kier alpha value is -2.48. The molecule has 29 heavy (non-hydrogen) atoms.